The molecule has 0 saturated carbocycles. The number of benzene rings is 3. The van der Waals surface area contributed by atoms with E-state index in [1.54, 1.807) is 35.9 Å². The third-order valence-corrected chi connectivity index (χ3v) is 5.50. The van der Waals surface area contributed by atoms with Gasteiger partial charge in [0.2, 0.25) is 0 Å². The predicted molar refractivity (Wildman–Crippen MR) is 119 cm³/mol. The Morgan fingerprint density at radius 2 is 1.74 bits per heavy atom. The molecule has 31 heavy (non-hydrogen) atoms. The third-order valence-electron chi connectivity index (χ3n) is 5.50. The number of fused-ring (bicyclic) bond motifs is 1. The first kappa shape index (κ1) is 20.5. The van der Waals surface area contributed by atoms with Crippen molar-refractivity contribution in [3.05, 3.63) is 106 Å². The smallest absolute Gasteiger partial charge is 0.266 e. The molecule has 5 nitrogen and oxygen atoms in total. The van der Waals surface area contributed by atoms with Crippen LogP contribution in [0.3, 0.4) is 0 Å². The minimum absolute atomic E-state index is 0.201. The molecule has 0 fully saturated rings. The summed E-state index contributed by atoms with van der Waals surface area (Å²) < 4.78 is 15.2. The topological polar surface area (TPSA) is 55.2 Å². The summed E-state index contributed by atoms with van der Waals surface area (Å²) in [6, 6.07) is 19.7. The van der Waals surface area contributed by atoms with E-state index in [2.05, 4.69) is 0 Å². The normalized spacial score (nSPS) is 12.0. The maximum Gasteiger partial charge on any atom is 0.266 e. The number of amides is 1. The molecule has 6 heteroatoms. The molecule has 4 rings (SSSR count). The van der Waals surface area contributed by atoms with Gasteiger partial charge in [-0.25, -0.2) is 9.37 Å². The van der Waals surface area contributed by atoms with Gasteiger partial charge in [-0.3, -0.25) is 14.2 Å². The maximum atomic E-state index is 13.6. The van der Waals surface area contributed by atoms with Gasteiger partial charge in [-0.2, -0.15) is 0 Å². The monoisotopic (exact) mass is 415 g/mol. The largest absolute Gasteiger partial charge is 0.332 e. The molecule has 3 aromatic carbocycles. The van der Waals surface area contributed by atoms with Crippen molar-refractivity contribution in [2.24, 2.45) is 0 Å². The number of carbonyl (C=O) groups excluding carboxylic acids is 1. The van der Waals surface area contributed by atoms with Gasteiger partial charge in [0.05, 0.1) is 22.6 Å². The van der Waals surface area contributed by atoms with Crippen LogP contribution in [0, 0.1) is 12.7 Å². The van der Waals surface area contributed by atoms with Gasteiger partial charge in [-0.1, -0.05) is 36.4 Å². The summed E-state index contributed by atoms with van der Waals surface area (Å²) >= 11 is 0. The molecule has 1 aromatic heterocycles. The zero-order valence-electron chi connectivity index (χ0n) is 17.5. The first-order valence-electron chi connectivity index (χ1n) is 9.99. The highest BCUT2D eigenvalue weighted by Crippen LogP contribution is 2.24. The molecule has 0 spiro atoms. The molecule has 0 N–H and O–H groups in total. The SMILES string of the molecule is Cc1ccccc1-n1c(C(C)N(C)C(=O)c2cccc(F)c2)nc2ccccc2c1=O. The number of rotatable bonds is 4. The first-order chi connectivity index (χ1) is 14.9. The fraction of sp³-hybridized carbons (Fsp3) is 0.160. The molecule has 0 aliphatic heterocycles. The van der Waals surface area contributed by atoms with Crippen molar-refractivity contribution in [2.45, 2.75) is 19.9 Å². The highest BCUT2D eigenvalue weighted by atomic mass is 19.1. The van der Waals surface area contributed by atoms with Gasteiger partial charge < -0.3 is 4.90 Å². The number of carbonyl (C=O) groups is 1. The molecule has 1 heterocycles. The maximum absolute atomic E-state index is 13.6. The molecule has 4 aromatic rings. The van der Waals surface area contributed by atoms with Crippen LogP contribution >= 0.6 is 0 Å². The molecular formula is C25H22FN3O2. The number of aromatic nitrogens is 2. The Kier molecular flexibility index (Phi) is 5.38. The van der Waals surface area contributed by atoms with E-state index >= 15 is 0 Å². The fourth-order valence-corrected chi connectivity index (χ4v) is 3.65. The summed E-state index contributed by atoms with van der Waals surface area (Å²) in [5.74, 6) is -0.399. The lowest BCUT2D eigenvalue weighted by molar-refractivity contribution is 0.0734. The summed E-state index contributed by atoms with van der Waals surface area (Å²) in [5, 5.41) is 0.501. The van der Waals surface area contributed by atoms with E-state index in [1.165, 1.54) is 23.1 Å². The number of para-hydroxylation sites is 2. The lowest BCUT2D eigenvalue weighted by Crippen LogP contribution is -2.35. The highest BCUT2D eigenvalue weighted by Gasteiger charge is 2.25. The van der Waals surface area contributed by atoms with Crippen molar-refractivity contribution in [3.63, 3.8) is 0 Å². The molecule has 0 radical (unpaired) electrons. The lowest BCUT2D eigenvalue weighted by atomic mass is 10.1. The Morgan fingerprint density at radius 1 is 1.03 bits per heavy atom. The van der Waals surface area contributed by atoms with E-state index < -0.39 is 11.9 Å². The average Bonchev–Trinajstić information content (AvgIpc) is 2.78. The van der Waals surface area contributed by atoms with Crippen molar-refractivity contribution < 1.29 is 9.18 Å². The summed E-state index contributed by atoms with van der Waals surface area (Å²) in [7, 11) is 1.63. The van der Waals surface area contributed by atoms with E-state index in [-0.39, 0.29) is 17.0 Å². The summed E-state index contributed by atoms with van der Waals surface area (Å²) in [4.78, 5) is 32.7. The van der Waals surface area contributed by atoms with Crippen LogP contribution in [0.2, 0.25) is 0 Å². The van der Waals surface area contributed by atoms with E-state index in [0.29, 0.717) is 22.4 Å². The van der Waals surface area contributed by atoms with Crippen molar-refractivity contribution in [3.8, 4) is 5.69 Å². The molecule has 0 saturated heterocycles. The molecule has 0 aliphatic rings. The van der Waals surface area contributed by atoms with Crippen LogP contribution < -0.4 is 5.56 Å². The second-order valence-corrected chi connectivity index (χ2v) is 7.52. The number of hydrogen-bond acceptors (Lipinski definition) is 3. The Hall–Kier alpha value is -3.80. The second-order valence-electron chi connectivity index (χ2n) is 7.52. The Labute approximate surface area is 179 Å². The van der Waals surface area contributed by atoms with Crippen LogP contribution in [-0.4, -0.2) is 27.4 Å². The molecule has 1 unspecified atom stereocenters. The zero-order valence-corrected chi connectivity index (χ0v) is 17.5. The van der Waals surface area contributed by atoms with Gasteiger partial charge in [0.15, 0.2) is 0 Å². The third kappa shape index (κ3) is 3.72. The number of halogens is 1. The fourth-order valence-electron chi connectivity index (χ4n) is 3.65. The van der Waals surface area contributed by atoms with Crippen molar-refractivity contribution in [2.75, 3.05) is 7.05 Å². The predicted octanol–water partition coefficient (Wildman–Crippen LogP) is 4.67. The second kappa shape index (κ2) is 8.14. The molecule has 1 atom stereocenters. The minimum atomic E-state index is -0.548. The van der Waals surface area contributed by atoms with Crippen molar-refractivity contribution in [1.82, 2.24) is 14.5 Å². The van der Waals surface area contributed by atoms with Crippen LogP contribution in [0.4, 0.5) is 4.39 Å². The zero-order chi connectivity index (χ0) is 22.1. The Balaban J connectivity index is 1.90. The van der Waals surface area contributed by atoms with Gasteiger partial charge in [0, 0.05) is 12.6 Å². The van der Waals surface area contributed by atoms with Gasteiger partial charge in [0.25, 0.3) is 11.5 Å². The molecule has 156 valence electrons. The molecule has 1 amide bonds. The van der Waals surface area contributed by atoms with Crippen molar-refractivity contribution >= 4 is 16.8 Å². The van der Waals surface area contributed by atoms with Gasteiger partial charge in [-0.15, -0.1) is 0 Å². The van der Waals surface area contributed by atoms with Crippen molar-refractivity contribution in [1.29, 1.82) is 0 Å². The quantitative estimate of drug-likeness (QED) is 0.487. The molecule has 0 bridgehead atoms. The summed E-state index contributed by atoms with van der Waals surface area (Å²) in [5.41, 5.74) is 2.22. The van der Waals surface area contributed by atoms with Gasteiger partial charge in [0.1, 0.15) is 11.6 Å². The van der Waals surface area contributed by atoms with Crippen LogP contribution in [0.15, 0.2) is 77.6 Å². The van der Waals surface area contributed by atoms with Gasteiger partial charge in [-0.05, 0) is 55.8 Å². The number of aryl methyl sites for hydroxylation is 1. The van der Waals surface area contributed by atoms with E-state index in [9.17, 15) is 14.0 Å². The standard InChI is InChI=1S/C25H22FN3O2/c1-16-9-4-7-14-22(16)29-23(27-21-13-6-5-12-20(21)25(29)31)17(2)28(3)24(30)18-10-8-11-19(26)15-18/h4-15,17H,1-3H3. The van der Waals surface area contributed by atoms with Crippen LogP contribution in [0.1, 0.15) is 34.7 Å². The summed E-state index contributed by atoms with van der Waals surface area (Å²) in [6.45, 7) is 3.73. The van der Waals surface area contributed by atoms with Gasteiger partial charge >= 0.3 is 0 Å². The number of nitrogens with zero attached hydrogens (tertiary/aromatic N) is 3. The lowest BCUT2D eigenvalue weighted by Gasteiger charge is -2.27. The van der Waals surface area contributed by atoms with E-state index in [1.807, 2.05) is 44.2 Å². The molecule has 0 aliphatic carbocycles. The average molecular weight is 415 g/mol. The Bertz CT molecular complexity index is 1350. The minimum Gasteiger partial charge on any atom is -0.332 e. The Morgan fingerprint density at radius 3 is 2.48 bits per heavy atom. The molecular weight excluding hydrogens is 393 g/mol. The summed E-state index contributed by atoms with van der Waals surface area (Å²) in [6.07, 6.45) is 0. The first-order valence-corrected chi connectivity index (χ1v) is 9.99. The van der Waals surface area contributed by atoms with E-state index in [0.717, 1.165) is 5.56 Å². The van der Waals surface area contributed by atoms with Crippen LogP contribution in [0.5, 0.6) is 0 Å². The van der Waals surface area contributed by atoms with Crippen LogP contribution in [-0.2, 0) is 0 Å². The highest BCUT2D eigenvalue weighted by molar-refractivity contribution is 5.94. The van der Waals surface area contributed by atoms with Crippen LogP contribution in [0.25, 0.3) is 16.6 Å². The van der Waals surface area contributed by atoms with E-state index in [4.69, 9.17) is 4.98 Å². The number of hydrogen-bond donors (Lipinski definition) is 0.